The first-order valence-electron chi connectivity index (χ1n) is 21.1. The first kappa shape index (κ1) is 51.7. The first-order chi connectivity index (χ1) is 30.2. The Morgan fingerprint density at radius 1 is 0.594 bits per heavy atom. The highest BCUT2D eigenvalue weighted by Gasteiger charge is 2.36. The summed E-state index contributed by atoms with van der Waals surface area (Å²) in [5.74, 6) is -7.76. The fourth-order valence-electron chi connectivity index (χ4n) is 6.67. The molecule has 0 aliphatic rings. The molecule has 0 aliphatic heterocycles. The van der Waals surface area contributed by atoms with Crippen molar-refractivity contribution in [1.29, 1.82) is 0 Å². The number of hydrogen-bond acceptors (Lipinski definition) is 11. The van der Waals surface area contributed by atoms with Crippen LogP contribution in [0.5, 0.6) is 0 Å². The third-order valence-corrected chi connectivity index (χ3v) is 9.93. The Morgan fingerprint density at radius 3 is 1.55 bits per heavy atom. The molecular formula is C44H62N10O10. The van der Waals surface area contributed by atoms with Crippen molar-refractivity contribution >= 4 is 47.3 Å². The Morgan fingerprint density at radius 2 is 1.05 bits per heavy atom. The Kier molecular flexibility index (Phi) is 20.5. The van der Waals surface area contributed by atoms with Crippen LogP contribution in [-0.2, 0) is 57.6 Å². The zero-order valence-electron chi connectivity index (χ0n) is 36.7. The topological polar surface area (TPSA) is 330 Å². The van der Waals surface area contributed by atoms with Crippen LogP contribution in [0.3, 0.4) is 0 Å². The van der Waals surface area contributed by atoms with Gasteiger partial charge in [-0.25, -0.2) is 9.78 Å². The zero-order valence-corrected chi connectivity index (χ0v) is 36.7. The summed E-state index contributed by atoms with van der Waals surface area (Å²) in [7, 11) is 0. The number of aromatic amines is 1. The van der Waals surface area contributed by atoms with E-state index in [-0.39, 0.29) is 43.9 Å². The molecule has 0 radical (unpaired) electrons. The van der Waals surface area contributed by atoms with Gasteiger partial charge in [0.1, 0.15) is 36.3 Å². The molecule has 0 unspecified atom stereocenters. The molecule has 13 N–H and O–H groups in total. The number of imidazole rings is 1. The Labute approximate surface area is 371 Å². The number of nitrogens with zero attached hydrogens (tertiary/aromatic N) is 1. The van der Waals surface area contributed by atoms with Gasteiger partial charge >= 0.3 is 5.97 Å². The first-order valence-corrected chi connectivity index (χ1v) is 21.1. The van der Waals surface area contributed by atoms with Gasteiger partial charge in [0.2, 0.25) is 41.4 Å². The van der Waals surface area contributed by atoms with Crippen LogP contribution in [0.2, 0.25) is 0 Å². The average Bonchev–Trinajstić information content (AvgIpc) is 3.74. The van der Waals surface area contributed by atoms with Crippen LogP contribution in [0.25, 0.3) is 0 Å². The maximum absolute atomic E-state index is 14.1. The summed E-state index contributed by atoms with van der Waals surface area (Å²) in [6.45, 7) is 8.33. The van der Waals surface area contributed by atoms with Gasteiger partial charge in [0.25, 0.3) is 0 Å². The molecular weight excluding hydrogens is 829 g/mol. The smallest absolute Gasteiger partial charge is 0.326 e. The number of hydrogen-bond donors (Lipinski definition) is 11. The molecule has 0 saturated carbocycles. The number of rotatable bonds is 26. The third-order valence-electron chi connectivity index (χ3n) is 9.93. The van der Waals surface area contributed by atoms with Crippen LogP contribution < -0.4 is 43.4 Å². The molecule has 7 amide bonds. The number of aliphatic carboxylic acids is 1. The predicted molar refractivity (Wildman–Crippen MR) is 234 cm³/mol. The number of nitrogens with two attached hydrogens (primary N) is 2. The van der Waals surface area contributed by atoms with Crippen LogP contribution in [0.4, 0.5) is 0 Å². The van der Waals surface area contributed by atoms with Gasteiger partial charge in [0, 0.05) is 24.7 Å². The van der Waals surface area contributed by atoms with E-state index in [9.17, 15) is 48.6 Å². The highest BCUT2D eigenvalue weighted by atomic mass is 16.4. The molecule has 0 spiro atoms. The molecule has 0 saturated heterocycles. The largest absolute Gasteiger partial charge is 0.480 e. The predicted octanol–water partition coefficient (Wildman–Crippen LogP) is -0.893. The molecule has 8 atom stereocenters. The highest BCUT2D eigenvalue weighted by Crippen LogP contribution is 2.12. The molecule has 2 aromatic carbocycles. The number of aliphatic hydroxyl groups is 1. The lowest BCUT2D eigenvalue weighted by Gasteiger charge is -2.29. The lowest BCUT2D eigenvalue weighted by atomic mass is 10.0. The number of aromatic nitrogens is 2. The van der Waals surface area contributed by atoms with Gasteiger partial charge in [0.05, 0.1) is 24.9 Å². The fraction of sp³-hybridized carbons (Fsp3) is 0.477. The maximum atomic E-state index is 14.1. The van der Waals surface area contributed by atoms with Gasteiger partial charge in [-0.05, 0) is 49.1 Å². The van der Waals surface area contributed by atoms with E-state index in [2.05, 4.69) is 41.9 Å². The summed E-state index contributed by atoms with van der Waals surface area (Å²) < 4.78 is 0. The quantitative estimate of drug-likeness (QED) is 0.0468. The van der Waals surface area contributed by atoms with E-state index >= 15 is 0 Å². The van der Waals surface area contributed by atoms with Crippen molar-refractivity contribution in [1.82, 2.24) is 41.9 Å². The lowest BCUT2D eigenvalue weighted by Crippen LogP contribution is -2.62. The summed E-state index contributed by atoms with van der Waals surface area (Å²) in [4.78, 5) is 113. The minimum atomic E-state index is -1.70. The number of benzene rings is 2. The van der Waals surface area contributed by atoms with E-state index in [4.69, 9.17) is 11.5 Å². The normalized spacial score (nSPS) is 15.0. The number of carbonyl (C=O) groups excluding carboxylic acids is 7. The van der Waals surface area contributed by atoms with Gasteiger partial charge in [-0.15, -0.1) is 0 Å². The maximum Gasteiger partial charge on any atom is 0.326 e. The van der Waals surface area contributed by atoms with E-state index in [0.717, 1.165) is 5.56 Å². The minimum Gasteiger partial charge on any atom is -0.480 e. The lowest BCUT2D eigenvalue weighted by molar-refractivity contribution is -0.142. The molecule has 20 nitrogen and oxygen atoms in total. The molecule has 1 aromatic heterocycles. The number of carbonyl (C=O) groups is 8. The molecule has 0 aliphatic carbocycles. The number of carboxylic acids is 1. The van der Waals surface area contributed by atoms with Crippen molar-refractivity contribution in [2.75, 3.05) is 0 Å². The summed E-state index contributed by atoms with van der Waals surface area (Å²) in [5.41, 5.74) is 13.3. The second kappa shape index (κ2) is 25.4. The van der Waals surface area contributed by atoms with Gasteiger partial charge in [-0.3, -0.25) is 33.6 Å². The van der Waals surface area contributed by atoms with Crippen molar-refractivity contribution in [2.45, 2.75) is 122 Å². The molecule has 64 heavy (non-hydrogen) atoms. The zero-order chi connectivity index (χ0) is 47.5. The molecule has 3 aromatic rings. The van der Waals surface area contributed by atoms with E-state index in [1.807, 2.05) is 0 Å². The summed E-state index contributed by atoms with van der Waals surface area (Å²) in [5, 5.41) is 35.7. The third kappa shape index (κ3) is 17.6. The number of carboxylic acid groups (broad SMARTS) is 1. The Hall–Kier alpha value is -6.67. The van der Waals surface area contributed by atoms with Gasteiger partial charge in [-0.2, -0.15) is 0 Å². The summed E-state index contributed by atoms with van der Waals surface area (Å²) in [6, 6.07) is 7.85. The van der Waals surface area contributed by atoms with E-state index in [0.29, 0.717) is 11.3 Å². The molecule has 3 rings (SSSR count). The monoisotopic (exact) mass is 890 g/mol. The standard InChI is InChI=1S/C44H62N10O10/c1-24(2)16-31(50-41(60)34(21-36(46)56)49-38(57)30(45)18-27-12-8-6-9-13-27)42(61)54-37(26(5)55)43(62)52-33(20-29-22-47-23-48-29)40(59)51-32(19-28-14-10-7-11-15-28)39(58)53-35(44(63)64)17-25(3)4/h6-15,22-26,30-35,37,55H,16-21,45H2,1-5H3,(H2,46,56)(H,47,48)(H,49,57)(H,50,60)(H,51,59)(H,52,62)(H,53,58)(H,54,61)(H,63,64)/t26-,30+,31+,32+,33+,34+,35+,37+/m1/s1. The average molecular weight is 891 g/mol. The second-order valence-corrected chi connectivity index (χ2v) is 16.6. The van der Waals surface area contributed by atoms with Gasteiger partial charge in [-0.1, -0.05) is 88.4 Å². The number of amides is 7. The Balaban J connectivity index is 1.84. The van der Waals surface area contributed by atoms with Gasteiger partial charge < -0.3 is 58.6 Å². The summed E-state index contributed by atoms with van der Waals surface area (Å²) >= 11 is 0. The number of nitrogens with one attached hydrogen (secondary N) is 7. The highest BCUT2D eigenvalue weighted by molar-refractivity contribution is 5.98. The SMILES string of the molecule is CC(C)C[C@H](NC(=O)[C@H](Cc1ccccc1)NC(=O)[C@H](Cc1cnc[nH]1)NC(=O)[C@@H](NC(=O)[C@H](CC(C)C)NC(=O)[C@H](CC(N)=O)NC(=O)[C@@H](N)Cc1ccccc1)[C@@H](C)O)C(=O)O. The van der Waals surface area contributed by atoms with Gasteiger partial charge in [0.15, 0.2) is 0 Å². The number of primary amides is 1. The minimum absolute atomic E-state index is 0.00606. The van der Waals surface area contributed by atoms with E-state index in [1.54, 1.807) is 88.4 Å². The number of aliphatic hydroxyl groups excluding tert-OH is 1. The van der Waals surface area contributed by atoms with Crippen molar-refractivity contribution in [2.24, 2.45) is 23.3 Å². The molecule has 0 fully saturated rings. The van der Waals surface area contributed by atoms with Crippen LogP contribution in [0, 0.1) is 11.8 Å². The summed E-state index contributed by atoms with van der Waals surface area (Å²) in [6.07, 6.45) is 0.567. The second-order valence-electron chi connectivity index (χ2n) is 16.6. The van der Waals surface area contributed by atoms with Crippen molar-refractivity contribution < 1.29 is 48.6 Å². The van der Waals surface area contributed by atoms with Crippen LogP contribution in [0.15, 0.2) is 73.2 Å². The van der Waals surface area contributed by atoms with E-state index < -0.39 is 102 Å². The van der Waals surface area contributed by atoms with Crippen molar-refractivity contribution in [3.63, 3.8) is 0 Å². The van der Waals surface area contributed by atoms with Crippen molar-refractivity contribution in [3.8, 4) is 0 Å². The van der Waals surface area contributed by atoms with Crippen LogP contribution in [0.1, 0.15) is 70.7 Å². The number of H-pyrrole nitrogens is 1. The molecule has 20 heteroatoms. The van der Waals surface area contributed by atoms with Crippen LogP contribution in [-0.4, -0.2) is 116 Å². The molecule has 0 bridgehead atoms. The molecule has 348 valence electrons. The van der Waals surface area contributed by atoms with Crippen molar-refractivity contribution in [3.05, 3.63) is 90.0 Å². The fourth-order valence-corrected chi connectivity index (χ4v) is 6.67. The molecule has 1 heterocycles. The Bertz CT molecular complexity index is 2010. The van der Waals surface area contributed by atoms with E-state index in [1.165, 1.54) is 19.4 Å². The van der Waals surface area contributed by atoms with Crippen LogP contribution >= 0.6 is 0 Å².